The van der Waals surface area contributed by atoms with Crippen molar-refractivity contribution in [2.45, 2.75) is 0 Å². The lowest BCUT2D eigenvalue weighted by molar-refractivity contribution is 0.475. The lowest BCUT2D eigenvalue weighted by Gasteiger charge is -2.07. The fraction of sp³-hybridized carbons (Fsp3) is 0.125. The van der Waals surface area contributed by atoms with Gasteiger partial charge >= 0.3 is 0 Å². The van der Waals surface area contributed by atoms with Gasteiger partial charge in [-0.05, 0) is 12.1 Å². The predicted octanol–water partition coefficient (Wildman–Crippen LogP) is 0.718. The van der Waals surface area contributed by atoms with Crippen molar-refractivity contribution in [3.63, 3.8) is 0 Å². The van der Waals surface area contributed by atoms with Crippen LogP contribution in [-0.4, -0.2) is 18.0 Å². The molecule has 0 heterocycles. The summed E-state index contributed by atoms with van der Waals surface area (Å²) in [6.07, 6.45) is 0. The number of amidine groups is 1. The molecule has 0 radical (unpaired) electrons. The number of anilines is 1. The van der Waals surface area contributed by atoms with Gasteiger partial charge in [0.15, 0.2) is 0 Å². The van der Waals surface area contributed by atoms with E-state index >= 15 is 0 Å². The summed E-state index contributed by atoms with van der Waals surface area (Å²) >= 11 is 0. The van der Waals surface area contributed by atoms with Crippen molar-refractivity contribution in [3.8, 4) is 5.75 Å². The second kappa shape index (κ2) is 3.13. The van der Waals surface area contributed by atoms with Crippen LogP contribution in [0.1, 0.15) is 5.56 Å². The summed E-state index contributed by atoms with van der Waals surface area (Å²) in [5.74, 6) is 0.142. The Bertz CT molecular complexity index is 309. The van der Waals surface area contributed by atoms with E-state index in [0.717, 1.165) is 0 Å². The summed E-state index contributed by atoms with van der Waals surface area (Å²) in [6, 6.07) is 4.62. The molecule has 0 saturated heterocycles. The zero-order valence-corrected chi connectivity index (χ0v) is 6.76. The third-order valence-electron chi connectivity index (χ3n) is 1.56. The smallest absolute Gasteiger partial charge is 0.124 e. The average molecular weight is 165 g/mol. The molecule has 0 unspecified atom stereocenters. The van der Waals surface area contributed by atoms with Gasteiger partial charge in [-0.25, -0.2) is 0 Å². The lowest BCUT2D eigenvalue weighted by atomic mass is 10.1. The molecule has 0 bridgehead atoms. The van der Waals surface area contributed by atoms with E-state index in [2.05, 4.69) is 5.32 Å². The highest BCUT2D eigenvalue weighted by molar-refractivity contribution is 6.00. The van der Waals surface area contributed by atoms with Gasteiger partial charge in [0.2, 0.25) is 0 Å². The number of nitrogen functional groups attached to an aromatic ring is 1. The molecule has 64 valence electrons. The summed E-state index contributed by atoms with van der Waals surface area (Å²) in [5, 5.41) is 19.1. The van der Waals surface area contributed by atoms with E-state index in [-0.39, 0.29) is 11.6 Å². The van der Waals surface area contributed by atoms with E-state index in [1.807, 2.05) is 0 Å². The number of benzene rings is 1. The van der Waals surface area contributed by atoms with Gasteiger partial charge in [0, 0.05) is 24.4 Å². The van der Waals surface area contributed by atoms with Crippen molar-refractivity contribution in [2.24, 2.45) is 5.73 Å². The molecule has 5 N–H and O–H groups in total. The predicted molar refractivity (Wildman–Crippen MR) is 48.7 cm³/mol. The van der Waals surface area contributed by atoms with E-state index in [1.165, 1.54) is 12.1 Å². The highest BCUT2D eigenvalue weighted by Gasteiger charge is 2.03. The maximum absolute atomic E-state index is 9.10. The fourth-order valence-electron chi connectivity index (χ4n) is 0.974. The lowest BCUT2D eigenvalue weighted by Crippen LogP contribution is -2.13. The molecule has 4 nitrogen and oxygen atoms in total. The van der Waals surface area contributed by atoms with Crippen molar-refractivity contribution < 1.29 is 5.11 Å². The highest BCUT2D eigenvalue weighted by Crippen LogP contribution is 2.20. The second-order valence-electron chi connectivity index (χ2n) is 2.39. The third kappa shape index (κ3) is 1.47. The van der Waals surface area contributed by atoms with Crippen LogP contribution in [0.3, 0.4) is 0 Å². The maximum Gasteiger partial charge on any atom is 0.124 e. The Morgan fingerprint density at radius 1 is 1.58 bits per heavy atom. The molecule has 1 aromatic carbocycles. The standard InChI is InChI=1S/C8H11N3O/c1-11-7-4-5(12)2-3-6(7)8(9)10/h2-4,11-12H,1H3,(H3,9,10). The van der Waals surface area contributed by atoms with E-state index in [9.17, 15) is 0 Å². The number of hydrogen-bond acceptors (Lipinski definition) is 3. The number of phenolic OH excluding ortho intramolecular Hbond substituents is 1. The molecule has 0 aliphatic carbocycles. The van der Waals surface area contributed by atoms with E-state index in [0.29, 0.717) is 11.3 Å². The Morgan fingerprint density at radius 3 is 2.75 bits per heavy atom. The Kier molecular flexibility index (Phi) is 2.19. The first kappa shape index (κ1) is 8.39. The number of phenols is 1. The topological polar surface area (TPSA) is 82.1 Å². The van der Waals surface area contributed by atoms with Gasteiger partial charge in [-0.2, -0.15) is 0 Å². The van der Waals surface area contributed by atoms with Crippen molar-refractivity contribution in [2.75, 3.05) is 12.4 Å². The van der Waals surface area contributed by atoms with Crippen LogP contribution in [0, 0.1) is 5.41 Å². The van der Waals surface area contributed by atoms with Gasteiger partial charge < -0.3 is 16.2 Å². The molecule has 0 saturated carbocycles. The van der Waals surface area contributed by atoms with Crippen molar-refractivity contribution in [3.05, 3.63) is 23.8 Å². The van der Waals surface area contributed by atoms with Crippen LogP contribution in [0.15, 0.2) is 18.2 Å². The molecule has 0 amide bonds. The van der Waals surface area contributed by atoms with Crippen LogP contribution in [0.2, 0.25) is 0 Å². The summed E-state index contributed by atoms with van der Waals surface area (Å²) in [7, 11) is 1.71. The molecule has 4 heteroatoms. The van der Waals surface area contributed by atoms with Gasteiger partial charge in [0.1, 0.15) is 11.6 Å². The number of nitrogens with one attached hydrogen (secondary N) is 2. The molecular weight excluding hydrogens is 154 g/mol. The normalized spacial score (nSPS) is 9.42. The fourth-order valence-corrected chi connectivity index (χ4v) is 0.974. The Hall–Kier alpha value is -1.71. The molecule has 0 aliphatic heterocycles. The molecule has 0 aromatic heterocycles. The molecule has 0 fully saturated rings. The molecule has 12 heavy (non-hydrogen) atoms. The van der Waals surface area contributed by atoms with Gasteiger partial charge in [-0.1, -0.05) is 0 Å². The van der Waals surface area contributed by atoms with E-state index < -0.39 is 0 Å². The maximum atomic E-state index is 9.10. The average Bonchev–Trinajstić information content (AvgIpc) is 2.03. The number of rotatable bonds is 2. The summed E-state index contributed by atoms with van der Waals surface area (Å²) in [4.78, 5) is 0. The summed E-state index contributed by atoms with van der Waals surface area (Å²) in [6.45, 7) is 0. The minimum absolute atomic E-state index is 0.0145. The Morgan fingerprint density at radius 2 is 2.25 bits per heavy atom. The first-order valence-electron chi connectivity index (χ1n) is 3.50. The van der Waals surface area contributed by atoms with E-state index in [4.69, 9.17) is 16.2 Å². The van der Waals surface area contributed by atoms with Crippen LogP contribution in [0.5, 0.6) is 5.75 Å². The third-order valence-corrected chi connectivity index (χ3v) is 1.56. The first-order chi connectivity index (χ1) is 5.65. The SMILES string of the molecule is CNc1cc(O)ccc1C(=N)N. The largest absolute Gasteiger partial charge is 0.508 e. The van der Waals surface area contributed by atoms with Gasteiger partial charge in [-0.15, -0.1) is 0 Å². The highest BCUT2D eigenvalue weighted by atomic mass is 16.3. The molecule has 0 aliphatic rings. The number of nitrogens with two attached hydrogens (primary N) is 1. The number of aromatic hydroxyl groups is 1. The van der Waals surface area contributed by atoms with Gasteiger partial charge in [-0.3, -0.25) is 5.41 Å². The monoisotopic (exact) mass is 165 g/mol. The minimum Gasteiger partial charge on any atom is -0.508 e. The second-order valence-corrected chi connectivity index (χ2v) is 2.39. The first-order valence-corrected chi connectivity index (χ1v) is 3.50. The Balaban J connectivity index is 3.20. The zero-order chi connectivity index (χ0) is 9.14. The minimum atomic E-state index is -0.0145. The molecule has 0 spiro atoms. The van der Waals surface area contributed by atoms with Crippen LogP contribution in [-0.2, 0) is 0 Å². The van der Waals surface area contributed by atoms with Gasteiger partial charge in [0.25, 0.3) is 0 Å². The quantitative estimate of drug-likeness (QED) is 0.385. The van der Waals surface area contributed by atoms with Crippen LogP contribution in [0.4, 0.5) is 5.69 Å². The van der Waals surface area contributed by atoms with Crippen LogP contribution < -0.4 is 11.1 Å². The van der Waals surface area contributed by atoms with Crippen molar-refractivity contribution in [1.82, 2.24) is 0 Å². The zero-order valence-electron chi connectivity index (χ0n) is 6.76. The molecule has 0 atom stereocenters. The Labute approximate surface area is 70.5 Å². The van der Waals surface area contributed by atoms with Crippen LogP contribution >= 0.6 is 0 Å². The van der Waals surface area contributed by atoms with Crippen LogP contribution in [0.25, 0.3) is 0 Å². The molecular formula is C8H11N3O. The molecule has 1 rings (SSSR count). The molecule has 1 aromatic rings. The summed E-state index contributed by atoms with van der Waals surface area (Å²) < 4.78 is 0. The van der Waals surface area contributed by atoms with Gasteiger partial charge in [0.05, 0.1) is 0 Å². The van der Waals surface area contributed by atoms with Crippen molar-refractivity contribution >= 4 is 11.5 Å². The van der Waals surface area contributed by atoms with E-state index in [1.54, 1.807) is 13.1 Å². The summed E-state index contributed by atoms with van der Waals surface area (Å²) in [5.41, 5.74) is 6.55. The number of hydrogen-bond donors (Lipinski definition) is 4. The van der Waals surface area contributed by atoms with Crippen molar-refractivity contribution in [1.29, 1.82) is 5.41 Å².